The lowest BCUT2D eigenvalue weighted by molar-refractivity contribution is -0.104. The number of carbonyl (C=O) groups is 1. The number of allylic oxidation sites excluding steroid dienone is 2. The van der Waals surface area contributed by atoms with Crippen molar-refractivity contribution in [2.75, 3.05) is 14.1 Å². The molecule has 0 N–H and O–H groups in total. The minimum absolute atomic E-state index is 0.241. The number of halogens is 1. The van der Waals surface area contributed by atoms with E-state index in [1.54, 1.807) is 20.2 Å². The lowest BCUT2D eigenvalue weighted by Crippen LogP contribution is -2.38. The summed E-state index contributed by atoms with van der Waals surface area (Å²) in [6.07, 6.45) is 5.50. The highest BCUT2D eigenvalue weighted by atomic mass is 19.1. The number of carbonyl (C=O) groups excluding carboxylic acids is 1. The highest BCUT2D eigenvalue weighted by molar-refractivity contribution is 5.78. The molecule has 3 heteroatoms. The van der Waals surface area contributed by atoms with Crippen molar-refractivity contribution in [3.05, 3.63) is 23.8 Å². The summed E-state index contributed by atoms with van der Waals surface area (Å²) in [5.41, 5.74) is 0.546. The van der Waals surface area contributed by atoms with Crippen molar-refractivity contribution in [3.63, 3.8) is 0 Å². The second-order valence-electron chi connectivity index (χ2n) is 3.07. The van der Waals surface area contributed by atoms with Gasteiger partial charge in [0, 0.05) is 12.0 Å². The first kappa shape index (κ1) is 9.13. The van der Waals surface area contributed by atoms with Crippen LogP contribution in [-0.4, -0.2) is 31.1 Å². The van der Waals surface area contributed by atoms with E-state index < -0.39 is 5.79 Å². The van der Waals surface area contributed by atoms with E-state index in [9.17, 15) is 9.18 Å². The molecule has 1 aliphatic carbocycles. The van der Waals surface area contributed by atoms with E-state index in [1.165, 1.54) is 17.1 Å². The Balaban J connectivity index is 2.76. The maximum Gasteiger partial charge on any atom is 0.186 e. The standard InChI is InChI=1S/C9H12FNO/c1-11(2)9(10)5-3-8(7-12)4-6-9/h3-5,7H,6H2,1-2H3. The van der Waals surface area contributed by atoms with Gasteiger partial charge >= 0.3 is 0 Å². The van der Waals surface area contributed by atoms with Crippen LogP contribution in [0.1, 0.15) is 6.42 Å². The highest BCUT2D eigenvalue weighted by Crippen LogP contribution is 2.26. The first-order chi connectivity index (χ1) is 5.58. The molecule has 0 aromatic rings. The summed E-state index contributed by atoms with van der Waals surface area (Å²) >= 11 is 0. The predicted octanol–water partition coefficient (Wildman–Crippen LogP) is 1.30. The van der Waals surface area contributed by atoms with Gasteiger partial charge in [-0.3, -0.25) is 9.69 Å². The molecule has 1 unspecified atom stereocenters. The predicted molar refractivity (Wildman–Crippen MR) is 45.4 cm³/mol. The molecule has 1 aliphatic rings. The van der Waals surface area contributed by atoms with Gasteiger partial charge in [-0.2, -0.15) is 0 Å². The summed E-state index contributed by atoms with van der Waals surface area (Å²) in [6, 6.07) is 0. The Morgan fingerprint density at radius 3 is 2.67 bits per heavy atom. The third kappa shape index (κ3) is 1.61. The van der Waals surface area contributed by atoms with E-state index in [4.69, 9.17) is 0 Å². The number of rotatable bonds is 2. The Bertz CT molecular complexity index is 245. The molecule has 0 radical (unpaired) electrons. The van der Waals surface area contributed by atoms with Gasteiger partial charge in [0.05, 0.1) is 0 Å². The van der Waals surface area contributed by atoms with Crippen molar-refractivity contribution in [2.45, 2.75) is 12.2 Å². The Kier molecular flexibility index (Phi) is 2.43. The van der Waals surface area contributed by atoms with Crippen molar-refractivity contribution < 1.29 is 9.18 Å². The molecular weight excluding hydrogens is 157 g/mol. The van der Waals surface area contributed by atoms with Gasteiger partial charge in [0.15, 0.2) is 5.79 Å². The van der Waals surface area contributed by atoms with Crippen molar-refractivity contribution in [3.8, 4) is 0 Å². The number of likely N-dealkylation sites (N-methyl/N-ethyl adjacent to an activating group) is 1. The van der Waals surface area contributed by atoms with E-state index in [0.29, 0.717) is 5.57 Å². The van der Waals surface area contributed by atoms with Gasteiger partial charge in [-0.25, -0.2) is 4.39 Å². The summed E-state index contributed by atoms with van der Waals surface area (Å²) in [5, 5.41) is 0. The molecular formula is C9H12FNO. The van der Waals surface area contributed by atoms with E-state index >= 15 is 0 Å². The molecule has 0 aromatic heterocycles. The summed E-state index contributed by atoms with van der Waals surface area (Å²) in [7, 11) is 3.34. The smallest absolute Gasteiger partial charge is 0.186 e. The summed E-state index contributed by atoms with van der Waals surface area (Å²) < 4.78 is 13.7. The van der Waals surface area contributed by atoms with Crippen molar-refractivity contribution in [2.24, 2.45) is 0 Å². The van der Waals surface area contributed by atoms with Crippen molar-refractivity contribution in [1.29, 1.82) is 0 Å². The van der Waals surface area contributed by atoms with E-state index in [0.717, 1.165) is 6.29 Å². The van der Waals surface area contributed by atoms with Gasteiger partial charge < -0.3 is 0 Å². The largest absolute Gasteiger partial charge is 0.298 e. The third-order valence-corrected chi connectivity index (χ3v) is 2.03. The number of hydrogen-bond donors (Lipinski definition) is 0. The number of aldehydes is 1. The molecule has 0 spiro atoms. The van der Waals surface area contributed by atoms with Crippen LogP contribution in [0.2, 0.25) is 0 Å². The van der Waals surface area contributed by atoms with E-state index in [-0.39, 0.29) is 6.42 Å². The lowest BCUT2D eigenvalue weighted by Gasteiger charge is -2.29. The number of nitrogens with zero attached hydrogens (tertiary/aromatic N) is 1. The molecule has 1 atom stereocenters. The molecule has 0 aromatic carbocycles. The first-order valence-electron chi connectivity index (χ1n) is 3.79. The van der Waals surface area contributed by atoms with E-state index in [1.807, 2.05) is 0 Å². The first-order valence-corrected chi connectivity index (χ1v) is 3.79. The van der Waals surface area contributed by atoms with Gasteiger partial charge in [0.25, 0.3) is 0 Å². The molecule has 0 heterocycles. The van der Waals surface area contributed by atoms with Crippen LogP contribution in [-0.2, 0) is 4.79 Å². The van der Waals surface area contributed by atoms with Gasteiger partial charge in [0.1, 0.15) is 6.29 Å². The average Bonchev–Trinajstić information content (AvgIpc) is 2.06. The lowest BCUT2D eigenvalue weighted by atomic mass is 10.0. The number of alkyl halides is 1. The summed E-state index contributed by atoms with van der Waals surface area (Å²) in [4.78, 5) is 11.8. The highest BCUT2D eigenvalue weighted by Gasteiger charge is 2.29. The maximum atomic E-state index is 13.7. The molecule has 0 aliphatic heterocycles. The Hall–Kier alpha value is -0.960. The second-order valence-corrected chi connectivity index (χ2v) is 3.07. The van der Waals surface area contributed by atoms with Crippen LogP contribution in [0.25, 0.3) is 0 Å². The van der Waals surface area contributed by atoms with Crippen molar-refractivity contribution in [1.82, 2.24) is 4.90 Å². The monoisotopic (exact) mass is 169 g/mol. The van der Waals surface area contributed by atoms with E-state index in [2.05, 4.69) is 0 Å². The van der Waals surface area contributed by atoms with Crippen LogP contribution < -0.4 is 0 Å². The van der Waals surface area contributed by atoms with Crippen LogP contribution in [0.3, 0.4) is 0 Å². The molecule has 0 amide bonds. The van der Waals surface area contributed by atoms with Crippen LogP contribution in [0.15, 0.2) is 23.8 Å². The summed E-state index contributed by atoms with van der Waals surface area (Å²) in [6.45, 7) is 0. The zero-order valence-electron chi connectivity index (χ0n) is 7.25. The Labute approximate surface area is 71.4 Å². The van der Waals surface area contributed by atoms with Crippen LogP contribution in [0.5, 0.6) is 0 Å². The molecule has 0 saturated carbocycles. The molecule has 0 saturated heterocycles. The normalized spacial score (nSPS) is 28.8. The average molecular weight is 169 g/mol. The van der Waals surface area contributed by atoms with Crippen LogP contribution in [0, 0.1) is 0 Å². The van der Waals surface area contributed by atoms with Crippen molar-refractivity contribution >= 4 is 6.29 Å². The van der Waals surface area contributed by atoms with Crippen LogP contribution >= 0.6 is 0 Å². The SMILES string of the molecule is CN(C)C1(F)C=CC(C=O)=CC1. The molecule has 0 bridgehead atoms. The fraction of sp³-hybridized carbons (Fsp3) is 0.444. The quantitative estimate of drug-likeness (QED) is 0.458. The maximum absolute atomic E-state index is 13.7. The topological polar surface area (TPSA) is 20.3 Å². The molecule has 12 heavy (non-hydrogen) atoms. The molecule has 0 fully saturated rings. The zero-order chi connectivity index (χ0) is 9.19. The minimum Gasteiger partial charge on any atom is -0.298 e. The zero-order valence-corrected chi connectivity index (χ0v) is 7.25. The van der Waals surface area contributed by atoms with Crippen LogP contribution in [0.4, 0.5) is 4.39 Å². The Morgan fingerprint density at radius 2 is 2.33 bits per heavy atom. The van der Waals surface area contributed by atoms with Gasteiger partial charge in [-0.05, 0) is 20.2 Å². The minimum atomic E-state index is -1.42. The molecule has 2 nitrogen and oxygen atoms in total. The van der Waals surface area contributed by atoms with Gasteiger partial charge in [-0.1, -0.05) is 12.2 Å². The molecule has 66 valence electrons. The Morgan fingerprint density at radius 1 is 1.67 bits per heavy atom. The molecule has 1 rings (SSSR count). The fourth-order valence-electron chi connectivity index (χ4n) is 1.04. The van der Waals surface area contributed by atoms with Gasteiger partial charge in [-0.15, -0.1) is 0 Å². The van der Waals surface area contributed by atoms with Gasteiger partial charge in [0.2, 0.25) is 0 Å². The number of hydrogen-bond acceptors (Lipinski definition) is 2. The third-order valence-electron chi connectivity index (χ3n) is 2.03. The summed E-state index contributed by atoms with van der Waals surface area (Å²) in [5.74, 6) is -1.42. The second kappa shape index (κ2) is 3.19. The fourth-order valence-corrected chi connectivity index (χ4v) is 1.04.